The Morgan fingerprint density at radius 3 is 2.10 bits per heavy atom. The summed E-state index contributed by atoms with van der Waals surface area (Å²) in [5, 5.41) is 9.81. The zero-order valence-corrected chi connectivity index (χ0v) is 17.1. The molecule has 2 rings (SSSR count). The number of sulfonamides is 1. The molecule has 0 aliphatic heterocycles. The standard InChI is InChI=1S/C15H20N4O3S.C2HF3O2/c1-11-12(2)19(10-17-11)14-6-4-13(5-7-14)18-15(20)8-9-23(21,22)16-3;3-2(4,5)1(6)7/h4-7,10,16H,8-9H2,1-3H3,(H,18,20);(H,6,7). The average molecular weight is 450 g/mol. The molecule has 0 unspecified atom stereocenters. The number of nitrogens with one attached hydrogen (secondary N) is 2. The van der Waals surface area contributed by atoms with Gasteiger partial charge in [0, 0.05) is 23.5 Å². The first-order chi connectivity index (χ1) is 13.8. The number of hydrogen-bond donors (Lipinski definition) is 3. The molecule has 0 radical (unpaired) electrons. The summed E-state index contributed by atoms with van der Waals surface area (Å²) < 4.78 is 58.5. The fourth-order valence-electron chi connectivity index (χ4n) is 2.02. The minimum atomic E-state index is -5.08. The highest BCUT2D eigenvalue weighted by molar-refractivity contribution is 7.89. The summed E-state index contributed by atoms with van der Waals surface area (Å²) in [6.45, 7) is 3.93. The van der Waals surface area contributed by atoms with Gasteiger partial charge in [-0.05, 0) is 45.2 Å². The number of alkyl halides is 3. The molecule has 9 nitrogen and oxygen atoms in total. The number of imidazole rings is 1. The van der Waals surface area contributed by atoms with Crippen molar-refractivity contribution in [3.05, 3.63) is 42.0 Å². The predicted octanol–water partition coefficient (Wildman–Crippen LogP) is 2.00. The molecule has 0 atom stereocenters. The Bertz CT molecular complexity index is 986. The number of halogens is 3. The Labute approximate surface area is 171 Å². The van der Waals surface area contributed by atoms with E-state index in [0.29, 0.717) is 5.69 Å². The third kappa shape index (κ3) is 7.83. The van der Waals surface area contributed by atoms with Gasteiger partial charge in [-0.2, -0.15) is 13.2 Å². The predicted molar refractivity (Wildman–Crippen MR) is 103 cm³/mol. The highest BCUT2D eigenvalue weighted by Gasteiger charge is 2.38. The minimum absolute atomic E-state index is 0.0925. The molecule has 0 saturated carbocycles. The van der Waals surface area contributed by atoms with Gasteiger partial charge in [-0.15, -0.1) is 0 Å². The van der Waals surface area contributed by atoms with Gasteiger partial charge in [-0.1, -0.05) is 0 Å². The molecule has 1 amide bonds. The largest absolute Gasteiger partial charge is 0.490 e. The van der Waals surface area contributed by atoms with Crippen LogP contribution in [0.1, 0.15) is 17.8 Å². The van der Waals surface area contributed by atoms with E-state index in [9.17, 15) is 26.4 Å². The molecule has 1 heterocycles. The number of benzene rings is 1. The maximum Gasteiger partial charge on any atom is 0.490 e. The van der Waals surface area contributed by atoms with Crippen LogP contribution in [0.15, 0.2) is 30.6 Å². The van der Waals surface area contributed by atoms with Crippen LogP contribution in [0.25, 0.3) is 5.69 Å². The van der Waals surface area contributed by atoms with Gasteiger partial charge in [0.2, 0.25) is 15.9 Å². The number of nitrogens with zero attached hydrogens (tertiary/aromatic N) is 2. The smallest absolute Gasteiger partial charge is 0.475 e. The normalized spacial score (nSPS) is 11.4. The lowest BCUT2D eigenvalue weighted by Crippen LogP contribution is -2.25. The van der Waals surface area contributed by atoms with Crippen LogP contribution in [0.5, 0.6) is 0 Å². The summed E-state index contributed by atoms with van der Waals surface area (Å²) in [5.74, 6) is -3.33. The topological polar surface area (TPSA) is 130 Å². The van der Waals surface area contributed by atoms with Gasteiger partial charge in [-0.25, -0.2) is 22.9 Å². The van der Waals surface area contributed by atoms with Gasteiger partial charge >= 0.3 is 12.1 Å². The zero-order valence-electron chi connectivity index (χ0n) is 16.3. The summed E-state index contributed by atoms with van der Waals surface area (Å²) in [6.07, 6.45) is -3.42. The molecular formula is C17H21F3N4O5S. The van der Waals surface area contributed by atoms with E-state index in [4.69, 9.17) is 9.90 Å². The van der Waals surface area contributed by atoms with Crippen molar-refractivity contribution in [3.63, 3.8) is 0 Å². The Morgan fingerprint density at radius 1 is 1.17 bits per heavy atom. The quantitative estimate of drug-likeness (QED) is 0.617. The Balaban J connectivity index is 0.000000553. The lowest BCUT2D eigenvalue weighted by molar-refractivity contribution is -0.192. The number of aromatic nitrogens is 2. The van der Waals surface area contributed by atoms with Crippen molar-refractivity contribution < 1.29 is 36.3 Å². The van der Waals surface area contributed by atoms with Crippen molar-refractivity contribution in [2.45, 2.75) is 26.4 Å². The molecule has 30 heavy (non-hydrogen) atoms. The van der Waals surface area contributed by atoms with E-state index in [1.54, 1.807) is 18.5 Å². The number of carboxylic acids is 1. The van der Waals surface area contributed by atoms with Crippen molar-refractivity contribution in [1.82, 2.24) is 14.3 Å². The summed E-state index contributed by atoms with van der Waals surface area (Å²) in [7, 11) is -2.05. The summed E-state index contributed by atoms with van der Waals surface area (Å²) in [6, 6.07) is 7.28. The van der Waals surface area contributed by atoms with Gasteiger partial charge in [-0.3, -0.25) is 4.79 Å². The maximum atomic E-state index is 11.8. The van der Waals surface area contributed by atoms with E-state index in [1.807, 2.05) is 30.5 Å². The van der Waals surface area contributed by atoms with Crippen LogP contribution >= 0.6 is 0 Å². The van der Waals surface area contributed by atoms with Gasteiger partial charge < -0.3 is 15.0 Å². The molecule has 0 aliphatic rings. The molecule has 1 aromatic heterocycles. The van der Waals surface area contributed by atoms with E-state index >= 15 is 0 Å². The first-order valence-electron chi connectivity index (χ1n) is 8.39. The number of anilines is 1. The Kier molecular flexibility index (Phi) is 8.54. The number of rotatable bonds is 6. The highest BCUT2D eigenvalue weighted by Crippen LogP contribution is 2.17. The fraction of sp³-hybridized carbons (Fsp3) is 0.353. The monoisotopic (exact) mass is 450 g/mol. The molecule has 0 aliphatic carbocycles. The molecule has 0 spiro atoms. The first kappa shape index (κ1) is 25.1. The number of carboxylic acid groups (broad SMARTS) is 1. The lowest BCUT2D eigenvalue weighted by Gasteiger charge is -2.08. The van der Waals surface area contributed by atoms with Gasteiger partial charge in [0.15, 0.2) is 0 Å². The van der Waals surface area contributed by atoms with E-state index in [-0.39, 0.29) is 18.1 Å². The van der Waals surface area contributed by atoms with Gasteiger partial charge in [0.1, 0.15) is 0 Å². The molecular weight excluding hydrogens is 429 g/mol. The van der Waals surface area contributed by atoms with Crippen molar-refractivity contribution >= 4 is 27.6 Å². The average Bonchev–Trinajstić information content (AvgIpc) is 2.99. The summed E-state index contributed by atoms with van der Waals surface area (Å²) in [5.41, 5.74) is 3.58. The number of aryl methyl sites for hydroxylation is 1. The highest BCUT2D eigenvalue weighted by atomic mass is 32.2. The van der Waals surface area contributed by atoms with Crippen molar-refractivity contribution in [1.29, 1.82) is 0 Å². The molecule has 1 aromatic carbocycles. The van der Waals surface area contributed by atoms with Crippen molar-refractivity contribution in [3.8, 4) is 5.69 Å². The maximum absolute atomic E-state index is 11.8. The molecule has 2 aromatic rings. The number of aliphatic carboxylic acids is 1. The van der Waals surface area contributed by atoms with Crippen molar-refractivity contribution in [2.75, 3.05) is 18.1 Å². The third-order valence-electron chi connectivity index (χ3n) is 3.83. The van der Waals surface area contributed by atoms with Crippen LogP contribution in [0.3, 0.4) is 0 Å². The fourth-order valence-corrected chi connectivity index (χ4v) is 2.68. The number of hydrogen-bond acceptors (Lipinski definition) is 5. The van der Waals surface area contributed by atoms with Gasteiger partial charge in [0.25, 0.3) is 0 Å². The van der Waals surface area contributed by atoms with Crippen LogP contribution in [-0.2, 0) is 19.6 Å². The molecule has 0 bridgehead atoms. The van der Waals surface area contributed by atoms with E-state index < -0.39 is 22.2 Å². The molecule has 3 N–H and O–H groups in total. The van der Waals surface area contributed by atoms with Crippen LogP contribution in [-0.4, -0.2) is 53.9 Å². The lowest BCUT2D eigenvalue weighted by atomic mass is 10.2. The van der Waals surface area contributed by atoms with Crippen LogP contribution < -0.4 is 10.0 Å². The second kappa shape index (κ2) is 10.2. The Morgan fingerprint density at radius 2 is 1.70 bits per heavy atom. The third-order valence-corrected chi connectivity index (χ3v) is 5.20. The van der Waals surface area contributed by atoms with Crippen LogP contribution in [0, 0.1) is 13.8 Å². The Hall–Kier alpha value is -2.93. The zero-order chi connectivity index (χ0) is 23.1. The summed E-state index contributed by atoms with van der Waals surface area (Å²) >= 11 is 0. The van der Waals surface area contributed by atoms with E-state index in [1.165, 1.54) is 7.05 Å². The van der Waals surface area contributed by atoms with Crippen LogP contribution in [0.2, 0.25) is 0 Å². The number of carbonyl (C=O) groups excluding carboxylic acids is 1. The molecule has 13 heteroatoms. The van der Waals surface area contributed by atoms with Gasteiger partial charge in [0.05, 0.1) is 17.8 Å². The van der Waals surface area contributed by atoms with Crippen LogP contribution in [0.4, 0.5) is 18.9 Å². The summed E-state index contributed by atoms with van der Waals surface area (Å²) in [4.78, 5) is 24.9. The first-order valence-corrected chi connectivity index (χ1v) is 10.0. The number of carbonyl (C=O) groups is 2. The SMILES string of the molecule is CNS(=O)(=O)CCC(=O)Nc1ccc(-n2cnc(C)c2C)cc1.O=C(O)C(F)(F)F. The van der Waals surface area contributed by atoms with E-state index in [0.717, 1.165) is 17.1 Å². The second-order valence-electron chi connectivity index (χ2n) is 5.96. The molecule has 0 saturated heterocycles. The molecule has 0 fully saturated rings. The minimum Gasteiger partial charge on any atom is -0.475 e. The number of amides is 1. The molecule has 166 valence electrons. The van der Waals surface area contributed by atoms with E-state index in [2.05, 4.69) is 15.0 Å². The second-order valence-corrected chi connectivity index (χ2v) is 8.00. The van der Waals surface area contributed by atoms with Crippen molar-refractivity contribution in [2.24, 2.45) is 0 Å².